The zero-order chi connectivity index (χ0) is 15.9. The summed E-state index contributed by atoms with van der Waals surface area (Å²) >= 11 is 5.94. The number of nitrogens with zero attached hydrogens (tertiary/aromatic N) is 3. The van der Waals surface area contributed by atoms with Gasteiger partial charge in [0.25, 0.3) is 0 Å². The Balaban J connectivity index is 2.44. The first kappa shape index (κ1) is 15.8. The molecule has 0 aliphatic rings. The van der Waals surface area contributed by atoms with Crippen LogP contribution in [0.15, 0.2) is 6.07 Å². The highest BCUT2D eigenvalue weighted by molar-refractivity contribution is 6.33. The number of rotatable bonds is 4. The van der Waals surface area contributed by atoms with Crippen molar-refractivity contribution in [2.24, 2.45) is 7.05 Å². The minimum Gasteiger partial charge on any atom is -0.344 e. The maximum atomic E-state index is 12.2. The van der Waals surface area contributed by atoms with Crippen LogP contribution in [0.4, 0.5) is 0 Å². The Morgan fingerprint density at radius 3 is 2.38 bits per heavy atom. The summed E-state index contributed by atoms with van der Waals surface area (Å²) in [5, 5.41) is 3.95. The van der Waals surface area contributed by atoms with Crippen molar-refractivity contribution in [2.75, 3.05) is 0 Å². The van der Waals surface area contributed by atoms with E-state index in [0.717, 1.165) is 29.3 Å². The first-order chi connectivity index (χ1) is 9.73. The molecule has 0 spiro atoms. The SMILES string of the molecule is Cc1nn(C)c(C)c1Cn1c(C)cc(C(=O)C(C)Cl)c1C. The third-order valence-corrected chi connectivity index (χ3v) is 4.37. The maximum absolute atomic E-state index is 12.2. The topological polar surface area (TPSA) is 39.8 Å². The minimum atomic E-state index is -0.499. The number of hydrogen-bond donors (Lipinski definition) is 0. The lowest BCUT2D eigenvalue weighted by molar-refractivity contribution is 0.0991. The molecule has 0 N–H and O–H groups in total. The fraction of sp³-hybridized carbons (Fsp3) is 0.500. The molecule has 0 aromatic carbocycles. The van der Waals surface area contributed by atoms with E-state index < -0.39 is 5.38 Å². The fourth-order valence-corrected chi connectivity index (χ4v) is 2.83. The predicted molar refractivity (Wildman–Crippen MR) is 85.3 cm³/mol. The largest absolute Gasteiger partial charge is 0.344 e. The van der Waals surface area contributed by atoms with Gasteiger partial charge >= 0.3 is 0 Å². The number of aryl methyl sites for hydroxylation is 3. The van der Waals surface area contributed by atoms with E-state index in [2.05, 4.69) is 16.6 Å². The van der Waals surface area contributed by atoms with Crippen molar-refractivity contribution in [1.82, 2.24) is 14.3 Å². The smallest absolute Gasteiger partial charge is 0.182 e. The first-order valence-electron chi connectivity index (χ1n) is 7.08. The van der Waals surface area contributed by atoms with E-state index >= 15 is 0 Å². The van der Waals surface area contributed by atoms with Crippen molar-refractivity contribution in [3.63, 3.8) is 0 Å². The summed E-state index contributed by atoms with van der Waals surface area (Å²) < 4.78 is 4.05. The first-order valence-corrected chi connectivity index (χ1v) is 7.51. The van der Waals surface area contributed by atoms with Gasteiger partial charge in [-0.3, -0.25) is 9.48 Å². The Morgan fingerprint density at radius 1 is 1.29 bits per heavy atom. The normalized spacial score (nSPS) is 12.7. The number of ketones is 1. The average molecular weight is 308 g/mol. The molecule has 21 heavy (non-hydrogen) atoms. The Labute approximate surface area is 130 Å². The second-order valence-electron chi connectivity index (χ2n) is 5.62. The average Bonchev–Trinajstić information content (AvgIpc) is 2.81. The number of carbonyl (C=O) groups is 1. The third-order valence-electron chi connectivity index (χ3n) is 4.18. The maximum Gasteiger partial charge on any atom is 0.182 e. The van der Waals surface area contributed by atoms with Gasteiger partial charge in [0, 0.05) is 35.3 Å². The van der Waals surface area contributed by atoms with E-state index in [-0.39, 0.29) is 5.78 Å². The van der Waals surface area contributed by atoms with Crippen molar-refractivity contribution in [2.45, 2.75) is 46.5 Å². The molecule has 5 heteroatoms. The van der Waals surface area contributed by atoms with Crippen LogP contribution >= 0.6 is 11.6 Å². The summed E-state index contributed by atoms with van der Waals surface area (Å²) in [7, 11) is 1.95. The third kappa shape index (κ3) is 2.77. The number of alkyl halides is 1. The van der Waals surface area contributed by atoms with Gasteiger partial charge in [0.15, 0.2) is 5.78 Å². The van der Waals surface area contributed by atoms with Crippen LogP contribution in [0.2, 0.25) is 0 Å². The van der Waals surface area contributed by atoms with Crippen LogP contribution in [0.1, 0.15) is 45.6 Å². The van der Waals surface area contributed by atoms with Crippen LogP contribution in [0, 0.1) is 27.7 Å². The van der Waals surface area contributed by atoms with Crippen LogP contribution in [-0.4, -0.2) is 25.5 Å². The van der Waals surface area contributed by atoms with Gasteiger partial charge in [0.05, 0.1) is 17.6 Å². The lowest BCUT2D eigenvalue weighted by Crippen LogP contribution is -2.12. The molecular weight excluding hydrogens is 286 g/mol. The summed E-state index contributed by atoms with van der Waals surface area (Å²) in [4.78, 5) is 12.2. The summed E-state index contributed by atoms with van der Waals surface area (Å²) in [6.07, 6.45) is 0. The van der Waals surface area contributed by atoms with Gasteiger partial charge in [-0.25, -0.2) is 0 Å². The van der Waals surface area contributed by atoms with Crippen molar-refractivity contribution >= 4 is 17.4 Å². The molecule has 0 fully saturated rings. The summed E-state index contributed by atoms with van der Waals surface area (Å²) in [5.41, 5.74) is 6.13. The molecule has 0 amide bonds. The van der Waals surface area contributed by atoms with Gasteiger partial charge in [0.2, 0.25) is 0 Å². The van der Waals surface area contributed by atoms with Gasteiger partial charge in [0.1, 0.15) is 0 Å². The second-order valence-corrected chi connectivity index (χ2v) is 6.28. The van der Waals surface area contributed by atoms with E-state index in [4.69, 9.17) is 11.6 Å². The molecule has 2 rings (SSSR count). The van der Waals surface area contributed by atoms with E-state index in [1.807, 2.05) is 38.6 Å². The lowest BCUT2D eigenvalue weighted by Gasteiger charge is -2.11. The molecule has 1 unspecified atom stereocenters. The van der Waals surface area contributed by atoms with Crippen molar-refractivity contribution in [3.8, 4) is 0 Å². The summed E-state index contributed by atoms with van der Waals surface area (Å²) in [6, 6.07) is 1.93. The number of Topliss-reactive ketones (excluding diaryl/α,β-unsaturated/α-hetero) is 1. The lowest BCUT2D eigenvalue weighted by atomic mass is 10.1. The zero-order valence-corrected chi connectivity index (χ0v) is 14.2. The van der Waals surface area contributed by atoms with Gasteiger partial charge in [-0.15, -0.1) is 11.6 Å². The highest BCUT2D eigenvalue weighted by atomic mass is 35.5. The van der Waals surface area contributed by atoms with Crippen LogP contribution in [0.25, 0.3) is 0 Å². The molecule has 2 heterocycles. The molecule has 0 bridgehead atoms. The van der Waals surface area contributed by atoms with Gasteiger partial charge in [-0.1, -0.05) is 0 Å². The Hall–Kier alpha value is -1.55. The standard InChI is InChI=1S/C16H22ClN3O/c1-9-7-14(16(21)10(2)17)13(5)20(9)8-15-11(3)18-19(6)12(15)4/h7,10H,8H2,1-6H3. The van der Waals surface area contributed by atoms with E-state index in [1.165, 1.54) is 5.56 Å². The predicted octanol–water partition coefficient (Wildman–Crippen LogP) is 3.31. The zero-order valence-electron chi connectivity index (χ0n) is 13.5. The molecule has 0 saturated heterocycles. The number of hydrogen-bond acceptors (Lipinski definition) is 2. The van der Waals surface area contributed by atoms with Crippen LogP contribution < -0.4 is 0 Å². The van der Waals surface area contributed by atoms with Crippen molar-refractivity contribution < 1.29 is 4.79 Å². The van der Waals surface area contributed by atoms with Gasteiger partial charge < -0.3 is 4.57 Å². The van der Waals surface area contributed by atoms with E-state index in [0.29, 0.717) is 5.56 Å². The number of aromatic nitrogens is 3. The molecule has 0 radical (unpaired) electrons. The number of carbonyl (C=O) groups excluding carboxylic acids is 1. The highest BCUT2D eigenvalue weighted by Crippen LogP contribution is 2.22. The molecule has 114 valence electrons. The van der Waals surface area contributed by atoms with Crippen molar-refractivity contribution in [1.29, 1.82) is 0 Å². The van der Waals surface area contributed by atoms with E-state index in [9.17, 15) is 4.79 Å². The number of halogens is 1. The highest BCUT2D eigenvalue weighted by Gasteiger charge is 2.20. The van der Waals surface area contributed by atoms with Gasteiger partial charge in [-0.05, 0) is 40.7 Å². The second kappa shape index (κ2) is 5.68. The molecule has 0 aliphatic heterocycles. The molecule has 4 nitrogen and oxygen atoms in total. The molecule has 0 saturated carbocycles. The summed E-state index contributed by atoms with van der Waals surface area (Å²) in [6.45, 7) is 10.5. The molecule has 1 atom stereocenters. The van der Waals surface area contributed by atoms with Gasteiger partial charge in [-0.2, -0.15) is 5.10 Å². The fourth-order valence-electron chi connectivity index (χ4n) is 2.71. The van der Waals surface area contributed by atoms with Crippen molar-refractivity contribution in [3.05, 3.63) is 40.0 Å². The monoisotopic (exact) mass is 307 g/mol. The van der Waals surface area contributed by atoms with E-state index in [1.54, 1.807) is 6.92 Å². The Bertz CT molecular complexity index is 695. The van der Waals surface area contributed by atoms with Crippen LogP contribution in [-0.2, 0) is 13.6 Å². The quantitative estimate of drug-likeness (QED) is 0.642. The minimum absolute atomic E-state index is 0.0179. The van der Waals surface area contributed by atoms with Crippen LogP contribution in [0.3, 0.4) is 0 Å². The molecule has 0 aliphatic carbocycles. The molecule has 2 aromatic heterocycles. The summed E-state index contributed by atoms with van der Waals surface area (Å²) in [5.74, 6) is -0.0179. The van der Waals surface area contributed by atoms with Crippen LogP contribution in [0.5, 0.6) is 0 Å². The Kier molecular flexibility index (Phi) is 4.28. The molecule has 2 aromatic rings. The molecular formula is C16H22ClN3O. The Morgan fingerprint density at radius 2 is 1.90 bits per heavy atom.